The summed E-state index contributed by atoms with van der Waals surface area (Å²) in [6.07, 6.45) is 0. The van der Waals surface area contributed by atoms with E-state index < -0.39 is 0 Å². The maximum absolute atomic E-state index is 12.1. The van der Waals surface area contributed by atoms with Crippen LogP contribution in [0.4, 0.5) is 5.69 Å². The summed E-state index contributed by atoms with van der Waals surface area (Å²) in [6.45, 7) is 5.82. The first-order chi connectivity index (χ1) is 10.4. The van der Waals surface area contributed by atoms with Crippen LogP contribution in [0.25, 0.3) is 0 Å². The van der Waals surface area contributed by atoms with Crippen LogP contribution in [0.5, 0.6) is 5.75 Å². The van der Waals surface area contributed by atoms with E-state index in [1.807, 2.05) is 39.0 Å². The highest BCUT2D eigenvalue weighted by atomic mass is 32.1. The molecule has 0 saturated carbocycles. The van der Waals surface area contributed by atoms with Crippen LogP contribution in [-0.2, 0) is 0 Å². The summed E-state index contributed by atoms with van der Waals surface area (Å²) in [5.41, 5.74) is 4.11. The van der Waals surface area contributed by atoms with E-state index in [2.05, 4.69) is 10.6 Å². The topological polar surface area (TPSA) is 61.4 Å². The van der Waals surface area contributed by atoms with Gasteiger partial charge in [0.1, 0.15) is 5.75 Å². The Kier molecular flexibility index (Phi) is 4.78. The second kappa shape index (κ2) is 6.58. The molecule has 0 radical (unpaired) electrons. The van der Waals surface area contributed by atoms with Gasteiger partial charge in [-0.15, -0.1) is 0 Å². The predicted molar refractivity (Wildman–Crippen MR) is 92.4 cm³/mol. The largest absolute Gasteiger partial charge is 0.506 e. The van der Waals surface area contributed by atoms with Crippen LogP contribution >= 0.6 is 12.2 Å². The quantitative estimate of drug-likeness (QED) is 0.587. The van der Waals surface area contributed by atoms with E-state index in [0.717, 1.165) is 16.7 Å². The van der Waals surface area contributed by atoms with Crippen molar-refractivity contribution in [3.63, 3.8) is 0 Å². The Morgan fingerprint density at radius 2 is 1.77 bits per heavy atom. The van der Waals surface area contributed by atoms with Crippen molar-refractivity contribution in [3.8, 4) is 5.75 Å². The van der Waals surface area contributed by atoms with E-state index in [1.165, 1.54) is 0 Å². The molecule has 2 rings (SSSR count). The number of carbonyl (C=O) groups excluding carboxylic acids is 1. The van der Waals surface area contributed by atoms with Crippen LogP contribution in [-0.4, -0.2) is 16.1 Å². The first-order valence-electron chi connectivity index (χ1n) is 6.86. The van der Waals surface area contributed by atoms with Crippen LogP contribution in [0.2, 0.25) is 0 Å². The van der Waals surface area contributed by atoms with Gasteiger partial charge < -0.3 is 10.4 Å². The Morgan fingerprint density at radius 1 is 1.05 bits per heavy atom. The Hall–Kier alpha value is -2.40. The van der Waals surface area contributed by atoms with Crippen LogP contribution < -0.4 is 10.6 Å². The SMILES string of the molecule is Cc1ccc(NC(=S)NC(=O)c2ccc(C)c(C)c2)c(O)c1. The maximum Gasteiger partial charge on any atom is 0.257 e. The third-order valence-electron chi connectivity index (χ3n) is 3.40. The summed E-state index contributed by atoms with van der Waals surface area (Å²) in [6, 6.07) is 10.6. The van der Waals surface area contributed by atoms with E-state index >= 15 is 0 Å². The number of anilines is 1. The minimum Gasteiger partial charge on any atom is -0.506 e. The summed E-state index contributed by atoms with van der Waals surface area (Å²) in [4.78, 5) is 12.1. The first-order valence-corrected chi connectivity index (χ1v) is 7.27. The molecule has 0 bridgehead atoms. The number of carbonyl (C=O) groups is 1. The van der Waals surface area contributed by atoms with E-state index in [4.69, 9.17) is 12.2 Å². The Bertz CT molecular complexity index is 741. The lowest BCUT2D eigenvalue weighted by atomic mass is 10.1. The number of hydrogen-bond acceptors (Lipinski definition) is 3. The molecule has 0 aliphatic heterocycles. The number of rotatable bonds is 2. The van der Waals surface area contributed by atoms with Gasteiger partial charge in [0, 0.05) is 5.56 Å². The molecule has 2 aromatic rings. The van der Waals surface area contributed by atoms with Crippen molar-refractivity contribution in [2.24, 2.45) is 0 Å². The molecule has 0 spiro atoms. The fourth-order valence-corrected chi connectivity index (χ4v) is 2.16. The van der Waals surface area contributed by atoms with Crippen LogP contribution in [0.1, 0.15) is 27.0 Å². The van der Waals surface area contributed by atoms with Gasteiger partial charge in [0.05, 0.1) is 5.69 Å². The van der Waals surface area contributed by atoms with Crippen LogP contribution in [0.3, 0.4) is 0 Å². The number of phenolic OH excluding ortho intramolecular Hbond substituents is 1. The molecule has 114 valence electrons. The summed E-state index contributed by atoms with van der Waals surface area (Å²) < 4.78 is 0. The maximum atomic E-state index is 12.1. The lowest BCUT2D eigenvalue weighted by Crippen LogP contribution is -2.34. The number of aromatic hydroxyl groups is 1. The molecule has 1 amide bonds. The Labute approximate surface area is 135 Å². The molecular weight excluding hydrogens is 296 g/mol. The van der Waals surface area contributed by atoms with Gasteiger partial charge in [0.2, 0.25) is 0 Å². The molecule has 5 heteroatoms. The molecular formula is C17H18N2O2S. The number of thiocarbonyl (C=S) groups is 1. The van der Waals surface area contributed by atoms with E-state index in [-0.39, 0.29) is 16.8 Å². The summed E-state index contributed by atoms with van der Waals surface area (Å²) >= 11 is 5.11. The molecule has 0 aromatic heterocycles. The zero-order valence-corrected chi connectivity index (χ0v) is 13.5. The molecule has 0 aliphatic rings. The third kappa shape index (κ3) is 3.83. The van der Waals surface area contributed by atoms with Crippen molar-refractivity contribution >= 4 is 28.9 Å². The van der Waals surface area contributed by atoms with Gasteiger partial charge in [-0.1, -0.05) is 12.1 Å². The van der Waals surface area contributed by atoms with Gasteiger partial charge in [-0.05, 0) is 73.9 Å². The standard InChI is InChI=1S/C17H18N2O2S/c1-10-4-7-14(15(20)8-10)18-17(22)19-16(21)13-6-5-11(2)12(3)9-13/h4-9,20H,1-3H3,(H2,18,19,21,22). The van der Waals surface area contributed by atoms with Gasteiger partial charge in [0.25, 0.3) is 5.91 Å². The van der Waals surface area contributed by atoms with Gasteiger partial charge in [0.15, 0.2) is 5.11 Å². The van der Waals surface area contributed by atoms with Crippen molar-refractivity contribution in [1.29, 1.82) is 0 Å². The second-order valence-corrected chi connectivity index (χ2v) is 5.64. The molecule has 0 heterocycles. The second-order valence-electron chi connectivity index (χ2n) is 5.23. The minimum atomic E-state index is -0.285. The average Bonchev–Trinajstić information content (AvgIpc) is 2.45. The van der Waals surface area contributed by atoms with Gasteiger partial charge >= 0.3 is 0 Å². The predicted octanol–water partition coefficient (Wildman–Crippen LogP) is 3.44. The van der Waals surface area contributed by atoms with E-state index in [0.29, 0.717) is 11.3 Å². The van der Waals surface area contributed by atoms with Crippen LogP contribution in [0, 0.1) is 20.8 Å². The number of benzene rings is 2. The number of aryl methyl sites for hydroxylation is 3. The molecule has 2 aromatic carbocycles. The zero-order valence-electron chi connectivity index (χ0n) is 12.7. The smallest absolute Gasteiger partial charge is 0.257 e. The number of phenols is 1. The molecule has 3 N–H and O–H groups in total. The summed E-state index contributed by atoms with van der Waals surface area (Å²) in [5.74, 6) is -0.199. The van der Waals surface area contributed by atoms with Crippen molar-refractivity contribution in [2.45, 2.75) is 20.8 Å². The van der Waals surface area contributed by atoms with Crippen molar-refractivity contribution in [1.82, 2.24) is 5.32 Å². The Morgan fingerprint density at radius 3 is 2.41 bits per heavy atom. The number of nitrogens with one attached hydrogen (secondary N) is 2. The van der Waals surface area contributed by atoms with Gasteiger partial charge in [-0.2, -0.15) is 0 Å². The van der Waals surface area contributed by atoms with Crippen molar-refractivity contribution in [2.75, 3.05) is 5.32 Å². The number of hydrogen-bond donors (Lipinski definition) is 3. The van der Waals surface area contributed by atoms with E-state index in [9.17, 15) is 9.90 Å². The highest BCUT2D eigenvalue weighted by molar-refractivity contribution is 7.80. The monoisotopic (exact) mass is 314 g/mol. The summed E-state index contributed by atoms with van der Waals surface area (Å²) in [7, 11) is 0. The molecule has 0 atom stereocenters. The zero-order chi connectivity index (χ0) is 16.3. The number of amides is 1. The third-order valence-corrected chi connectivity index (χ3v) is 3.60. The molecule has 0 fully saturated rings. The lowest BCUT2D eigenvalue weighted by molar-refractivity contribution is 0.0977. The van der Waals surface area contributed by atoms with Crippen molar-refractivity contribution < 1.29 is 9.90 Å². The minimum absolute atomic E-state index is 0.0859. The van der Waals surface area contributed by atoms with E-state index in [1.54, 1.807) is 18.2 Å². The highest BCUT2D eigenvalue weighted by Gasteiger charge is 2.10. The molecule has 0 unspecified atom stereocenters. The van der Waals surface area contributed by atoms with Crippen molar-refractivity contribution in [3.05, 3.63) is 58.7 Å². The molecule has 4 nitrogen and oxygen atoms in total. The fraction of sp³-hybridized carbons (Fsp3) is 0.176. The van der Waals surface area contributed by atoms with Gasteiger partial charge in [-0.25, -0.2) is 0 Å². The highest BCUT2D eigenvalue weighted by Crippen LogP contribution is 2.23. The normalized spacial score (nSPS) is 10.1. The Balaban J connectivity index is 2.05. The van der Waals surface area contributed by atoms with Crippen LogP contribution in [0.15, 0.2) is 36.4 Å². The first kappa shape index (κ1) is 16.0. The summed E-state index contributed by atoms with van der Waals surface area (Å²) in [5, 5.41) is 15.4. The average molecular weight is 314 g/mol. The molecule has 0 saturated heterocycles. The fourth-order valence-electron chi connectivity index (χ4n) is 1.96. The molecule has 0 aliphatic carbocycles. The molecule has 22 heavy (non-hydrogen) atoms. The van der Waals surface area contributed by atoms with Gasteiger partial charge in [-0.3, -0.25) is 10.1 Å². The lowest BCUT2D eigenvalue weighted by Gasteiger charge is -2.12.